The zero-order valence-electron chi connectivity index (χ0n) is 18.8. The molecule has 1 aromatic heterocycles. The monoisotopic (exact) mass is 519 g/mol. The first-order valence-electron chi connectivity index (χ1n) is 10.9. The highest BCUT2D eigenvalue weighted by Crippen LogP contribution is 2.29. The first-order chi connectivity index (χ1) is 16.5. The normalized spacial score (nSPS) is 16.2. The number of hydrogen-bond acceptors (Lipinski definition) is 4. The average molecular weight is 520 g/mol. The fourth-order valence-corrected chi connectivity index (χ4v) is 4.03. The number of fused-ring (bicyclic) bond motifs is 1. The van der Waals surface area contributed by atoms with Crippen molar-refractivity contribution >= 4 is 44.3 Å². The molecule has 0 saturated heterocycles. The third-order valence-corrected chi connectivity index (χ3v) is 6.17. The number of halogens is 1. The Morgan fingerprint density at radius 1 is 1.24 bits per heavy atom. The predicted molar refractivity (Wildman–Crippen MR) is 141 cm³/mol. The van der Waals surface area contributed by atoms with Gasteiger partial charge in [-0.1, -0.05) is 43.0 Å². The molecule has 8 heteroatoms. The molecule has 0 spiro atoms. The van der Waals surface area contributed by atoms with Crippen molar-refractivity contribution in [3.05, 3.63) is 94.9 Å². The zero-order chi connectivity index (χ0) is 24.1. The van der Waals surface area contributed by atoms with Crippen LogP contribution in [0.4, 0.5) is 0 Å². The SMILES string of the molecule is C=C/C(Br)=C1/NC(c2ccccc2O)=CC(=NCCCNC(=O)c2cc3ccccc3[nH]2)N1C. The molecule has 3 aromatic rings. The molecule has 0 saturated carbocycles. The largest absolute Gasteiger partial charge is 0.507 e. The number of likely N-dealkylation sites (N-methyl/N-ethyl adjacent to an activating group) is 1. The van der Waals surface area contributed by atoms with Crippen molar-refractivity contribution < 1.29 is 9.90 Å². The van der Waals surface area contributed by atoms with Crippen molar-refractivity contribution in [3.8, 4) is 5.75 Å². The lowest BCUT2D eigenvalue weighted by Gasteiger charge is -2.31. The van der Waals surface area contributed by atoms with Gasteiger partial charge in [0.2, 0.25) is 0 Å². The number of carbonyl (C=O) groups excluding carboxylic acids is 1. The average Bonchev–Trinajstić information content (AvgIpc) is 3.29. The number of nitrogens with zero attached hydrogens (tertiary/aromatic N) is 2. The fraction of sp³-hybridized carbons (Fsp3) is 0.154. The predicted octanol–water partition coefficient (Wildman–Crippen LogP) is 4.72. The van der Waals surface area contributed by atoms with E-state index in [0.717, 1.165) is 32.7 Å². The van der Waals surface area contributed by atoms with Gasteiger partial charge in [0.05, 0.1) is 10.2 Å². The van der Waals surface area contributed by atoms with Crippen molar-refractivity contribution in [1.82, 2.24) is 20.5 Å². The zero-order valence-corrected chi connectivity index (χ0v) is 20.4. The van der Waals surface area contributed by atoms with Crippen LogP contribution in [0.25, 0.3) is 16.6 Å². The van der Waals surface area contributed by atoms with Crippen molar-refractivity contribution in [2.45, 2.75) is 6.42 Å². The standard InChI is InChI=1S/C26H26BrN5O2/c1-3-19(27)25-31-21(18-10-5-7-12-23(18)33)16-24(32(25)2)28-13-8-14-29-26(34)22-15-17-9-4-6-11-20(17)30-22/h3-7,9-12,15-16,30-31,33H,1,8,13-14H2,2H3,(H,29,34)/b25-19+,28-24?. The summed E-state index contributed by atoms with van der Waals surface area (Å²) in [4.78, 5) is 22.3. The van der Waals surface area contributed by atoms with Crippen LogP contribution in [0.15, 0.2) is 88.6 Å². The Kier molecular flexibility index (Phi) is 7.18. The molecule has 34 heavy (non-hydrogen) atoms. The molecule has 0 atom stereocenters. The van der Waals surface area contributed by atoms with Gasteiger partial charge >= 0.3 is 0 Å². The highest BCUT2D eigenvalue weighted by Gasteiger charge is 2.22. The van der Waals surface area contributed by atoms with E-state index in [2.05, 4.69) is 38.1 Å². The molecule has 0 bridgehead atoms. The van der Waals surface area contributed by atoms with E-state index in [1.807, 2.05) is 60.5 Å². The molecule has 4 N–H and O–H groups in total. The van der Waals surface area contributed by atoms with Gasteiger partial charge < -0.3 is 25.6 Å². The number of phenolic OH excluding ortho intramolecular Hbond substituents is 1. The van der Waals surface area contributed by atoms with Gasteiger partial charge in [-0.15, -0.1) is 0 Å². The summed E-state index contributed by atoms with van der Waals surface area (Å²) in [5.74, 6) is 1.54. The number of amides is 1. The molecule has 2 heterocycles. The number of nitrogens with one attached hydrogen (secondary N) is 3. The number of allylic oxidation sites excluding steroid dienone is 2. The Bertz CT molecular complexity index is 1290. The number of aromatic amines is 1. The van der Waals surface area contributed by atoms with E-state index in [-0.39, 0.29) is 11.7 Å². The van der Waals surface area contributed by atoms with Gasteiger partial charge in [-0.25, -0.2) is 0 Å². The molecule has 174 valence electrons. The number of rotatable bonds is 7. The summed E-state index contributed by atoms with van der Waals surface area (Å²) in [6, 6.07) is 16.8. The van der Waals surface area contributed by atoms with Crippen LogP contribution < -0.4 is 10.6 Å². The van der Waals surface area contributed by atoms with Crippen LogP contribution in [0.2, 0.25) is 0 Å². The van der Waals surface area contributed by atoms with E-state index in [0.29, 0.717) is 30.8 Å². The minimum Gasteiger partial charge on any atom is -0.507 e. The fourth-order valence-electron chi connectivity index (χ4n) is 3.67. The number of aliphatic imine (C=N–C) groups is 1. The van der Waals surface area contributed by atoms with Crippen molar-refractivity contribution in [2.24, 2.45) is 4.99 Å². The topological polar surface area (TPSA) is 92.7 Å². The van der Waals surface area contributed by atoms with Crippen LogP contribution >= 0.6 is 15.9 Å². The van der Waals surface area contributed by atoms with Gasteiger partial charge in [0, 0.05) is 42.7 Å². The van der Waals surface area contributed by atoms with Crippen LogP contribution in [0.1, 0.15) is 22.5 Å². The van der Waals surface area contributed by atoms with Crippen LogP contribution in [-0.2, 0) is 0 Å². The molecule has 0 radical (unpaired) electrons. The minimum absolute atomic E-state index is 0.135. The maximum atomic E-state index is 12.5. The number of hydrogen-bond donors (Lipinski definition) is 4. The minimum atomic E-state index is -0.135. The summed E-state index contributed by atoms with van der Waals surface area (Å²) in [5, 5.41) is 17.6. The summed E-state index contributed by atoms with van der Waals surface area (Å²) < 4.78 is 0.773. The second-order valence-electron chi connectivity index (χ2n) is 7.78. The number of para-hydroxylation sites is 2. The molecule has 7 nitrogen and oxygen atoms in total. The summed E-state index contributed by atoms with van der Waals surface area (Å²) in [5.41, 5.74) is 2.89. The Hall–Kier alpha value is -3.78. The Morgan fingerprint density at radius 2 is 2.00 bits per heavy atom. The quantitative estimate of drug-likeness (QED) is 0.340. The third-order valence-electron chi connectivity index (χ3n) is 5.47. The smallest absolute Gasteiger partial charge is 0.267 e. The number of phenols is 1. The van der Waals surface area contributed by atoms with Gasteiger partial charge in [-0.05, 0) is 46.6 Å². The van der Waals surface area contributed by atoms with E-state index in [1.54, 1.807) is 18.2 Å². The van der Waals surface area contributed by atoms with Gasteiger partial charge in [0.25, 0.3) is 5.91 Å². The lowest BCUT2D eigenvalue weighted by molar-refractivity contribution is 0.0949. The number of amidine groups is 1. The molecule has 2 aromatic carbocycles. The number of aromatic nitrogens is 1. The lowest BCUT2D eigenvalue weighted by atomic mass is 10.1. The van der Waals surface area contributed by atoms with Crippen LogP contribution in [0, 0.1) is 0 Å². The summed E-state index contributed by atoms with van der Waals surface area (Å²) >= 11 is 3.53. The van der Waals surface area contributed by atoms with Crippen LogP contribution in [-0.4, -0.2) is 46.9 Å². The van der Waals surface area contributed by atoms with Gasteiger partial charge in [0.1, 0.15) is 23.1 Å². The van der Waals surface area contributed by atoms with Crippen LogP contribution in [0.5, 0.6) is 5.75 Å². The van der Waals surface area contributed by atoms with Crippen molar-refractivity contribution in [1.29, 1.82) is 0 Å². The van der Waals surface area contributed by atoms with E-state index in [9.17, 15) is 9.90 Å². The van der Waals surface area contributed by atoms with Crippen LogP contribution in [0.3, 0.4) is 0 Å². The van der Waals surface area contributed by atoms with Gasteiger partial charge in [0.15, 0.2) is 0 Å². The van der Waals surface area contributed by atoms with E-state index in [1.165, 1.54) is 0 Å². The molecule has 0 aliphatic carbocycles. The first kappa shape index (κ1) is 23.4. The van der Waals surface area contributed by atoms with Crippen molar-refractivity contribution in [3.63, 3.8) is 0 Å². The molecule has 0 fully saturated rings. The lowest BCUT2D eigenvalue weighted by Crippen LogP contribution is -2.37. The van der Waals surface area contributed by atoms with E-state index in [4.69, 9.17) is 4.99 Å². The number of aromatic hydroxyl groups is 1. The molecule has 0 unspecified atom stereocenters. The second-order valence-corrected chi connectivity index (χ2v) is 8.63. The number of benzene rings is 2. The molecule has 4 rings (SSSR count). The Balaban J connectivity index is 1.43. The Morgan fingerprint density at radius 3 is 2.76 bits per heavy atom. The maximum Gasteiger partial charge on any atom is 0.267 e. The van der Waals surface area contributed by atoms with Gasteiger partial charge in [-0.3, -0.25) is 9.79 Å². The van der Waals surface area contributed by atoms with Crippen molar-refractivity contribution in [2.75, 3.05) is 20.1 Å². The van der Waals surface area contributed by atoms with Gasteiger partial charge in [-0.2, -0.15) is 0 Å². The first-order valence-corrected chi connectivity index (χ1v) is 11.7. The highest BCUT2D eigenvalue weighted by molar-refractivity contribution is 9.11. The second kappa shape index (κ2) is 10.4. The third kappa shape index (κ3) is 5.07. The maximum absolute atomic E-state index is 12.5. The van der Waals surface area contributed by atoms with E-state index < -0.39 is 0 Å². The molecular weight excluding hydrogens is 494 g/mol. The highest BCUT2D eigenvalue weighted by atomic mass is 79.9. The molecule has 1 aliphatic heterocycles. The number of H-pyrrole nitrogens is 1. The Labute approximate surface area is 206 Å². The molecular formula is C26H26BrN5O2. The van der Waals surface area contributed by atoms with E-state index >= 15 is 0 Å². The number of carbonyl (C=O) groups is 1. The summed E-state index contributed by atoms with van der Waals surface area (Å²) in [7, 11) is 1.90. The molecule has 1 amide bonds. The molecule has 1 aliphatic rings. The summed E-state index contributed by atoms with van der Waals surface area (Å²) in [6.07, 6.45) is 4.27. The summed E-state index contributed by atoms with van der Waals surface area (Å²) in [6.45, 7) is 4.86.